The molecule has 1 aromatic carbocycles. The van der Waals surface area contributed by atoms with E-state index in [0.717, 1.165) is 0 Å². The van der Waals surface area contributed by atoms with Gasteiger partial charge in [0.25, 0.3) is 0 Å². The van der Waals surface area contributed by atoms with Gasteiger partial charge < -0.3 is 23.8 Å². The number of rotatable bonds is 12. The van der Waals surface area contributed by atoms with Gasteiger partial charge >= 0.3 is 13.7 Å². The molecule has 40 heavy (non-hydrogen) atoms. The maximum Gasteiger partial charge on any atom is 0.459 e. The second kappa shape index (κ2) is 12.1. The fourth-order valence-electron chi connectivity index (χ4n) is 4.19. The Morgan fingerprint density at radius 2 is 1.98 bits per heavy atom. The molecule has 6 atom stereocenters. The van der Waals surface area contributed by atoms with Crippen molar-refractivity contribution in [2.24, 2.45) is 5.41 Å². The van der Waals surface area contributed by atoms with Gasteiger partial charge in [-0.1, -0.05) is 25.1 Å². The Balaban J connectivity index is 1.58. The Hall–Kier alpha value is -3.16. The highest BCUT2D eigenvalue weighted by atomic mass is 31.2. The number of ether oxygens (including phenoxy) is 3. The molecule has 3 unspecified atom stereocenters. The van der Waals surface area contributed by atoms with Crippen LogP contribution in [0.2, 0.25) is 0 Å². The van der Waals surface area contributed by atoms with Gasteiger partial charge in [0.1, 0.15) is 18.1 Å². The molecule has 0 aliphatic carbocycles. The molecule has 218 valence electrons. The van der Waals surface area contributed by atoms with Gasteiger partial charge in [0.15, 0.2) is 23.6 Å². The Labute approximate surface area is 230 Å². The maximum atomic E-state index is 15.9. The van der Waals surface area contributed by atoms with Crippen LogP contribution in [0.15, 0.2) is 43.0 Å². The van der Waals surface area contributed by atoms with E-state index in [4.69, 9.17) is 23.3 Å². The van der Waals surface area contributed by atoms with Crippen molar-refractivity contribution in [1.29, 1.82) is 0 Å². The number of hydrogen-bond acceptors (Lipinski definition) is 11. The van der Waals surface area contributed by atoms with E-state index in [0.29, 0.717) is 5.52 Å². The van der Waals surface area contributed by atoms with Crippen LogP contribution in [0.3, 0.4) is 0 Å². The van der Waals surface area contributed by atoms with Gasteiger partial charge in [0.05, 0.1) is 44.3 Å². The Bertz CT molecular complexity index is 1360. The monoisotopic (exact) mass is 581 g/mol. The summed E-state index contributed by atoms with van der Waals surface area (Å²) >= 11 is 0. The van der Waals surface area contributed by atoms with Crippen LogP contribution in [-0.4, -0.2) is 75.3 Å². The fraction of sp³-hybridized carbons (Fsp3) is 0.520. The summed E-state index contributed by atoms with van der Waals surface area (Å²) in [5.41, 5.74) is -0.907. The highest BCUT2D eigenvalue weighted by molar-refractivity contribution is 7.52. The lowest BCUT2D eigenvalue weighted by molar-refractivity contribution is -0.149. The van der Waals surface area contributed by atoms with Gasteiger partial charge in [-0.3, -0.25) is 13.9 Å². The number of nitrogens with one attached hydrogen (secondary N) is 1. The summed E-state index contributed by atoms with van der Waals surface area (Å²) in [6.45, 7) is 5.24. The number of fused-ring (bicyclic) bond motifs is 1. The van der Waals surface area contributed by atoms with Crippen molar-refractivity contribution in [1.82, 2.24) is 24.6 Å². The van der Waals surface area contributed by atoms with Crippen molar-refractivity contribution in [3.05, 3.63) is 43.0 Å². The number of hydrogen-bond donors (Lipinski definition) is 2. The molecule has 0 saturated carbocycles. The lowest BCUT2D eigenvalue weighted by atomic mass is 9.82. The Morgan fingerprint density at radius 1 is 1.25 bits per heavy atom. The van der Waals surface area contributed by atoms with Crippen LogP contribution in [0.25, 0.3) is 11.2 Å². The summed E-state index contributed by atoms with van der Waals surface area (Å²) in [6.07, 6.45) is -1.89. The molecule has 2 aromatic heterocycles. The second-order valence-corrected chi connectivity index (χ2v) is 11.5. The standard InChI is InChI=1S/C25H33FN5O8P/c1-15(2)37-24(33)16(3)30-40(34,39-17-9-7-6-8-10-17)36-11-18-25(4,12-32)20(26)23(38-18)31-14-29-19-21(31)27-13-28-22(19)35-5/h6-10,13-16,18,20,23,32H,11-12H2,1-5H3,(H,30,34)/t16-,18+,20?,23+,25?,40?/m0/s1. The molecule has 0 bridgehead atoms. The molecule has 4 rings (SSSR count). The number of aliphatic hydroxyl groups excluding tert-OH is 1. The average molecular weight is 582 g/mol. The summed E-state index contributed by atoms with van der Waals surface area (Å²) in [6, 6.07) is 7.14. The minimum absolute atomic E-state index is 0.206. The van der Waals surface area contributed by atoms with E-state index >= 15 is 4.39 Å². The normalized spacial score (nSPS) is 25.1. The highest BCUT2D eigenvalue weighted by Gasteiger charge is 2.56. The van der Waals surface area contributed by atoms with Crippen molar-refractivity contribution < 1.29 is 42.1 Å². The first-order valence-electron chi connectivity index (χ1n) is 12.6. The van der Waals surface area contributed by atoms with Gasteiger partial charge in [0.2, 0.25) is 5.88 Å². The lowest BCUT2D eigenvalue weighted by Crippen LogP contribution is -2.42. The molecular formula is C25H33FN5O8P. The van der Waals surface area contributed by atoms with Crippen molar-refractivity contribution >= 4 is 24.9 Å². The summed E-state index contributed by atoms with van der Waals surface area (Å²) in [4.78, 5) is 24.8. The van der Waals surface area contributed by atoms with Crippen LogP contribution in [0.1, 0.15) is 33.9 Å². The number of carbonyl (C=O) groups excluding carboxylic acids is 1. The number of aliphatic hydroxyl groups is 1. The van der Waals surface area contributed by atoms with Crippen LogP contribution in [0.4, 0.5) is 4.39 Å². The van der Waals surface area contributed by atoms with Gasteiger partial charge in [0, 0.05) is 0 Å². The number of esters is 1. The summed E-state index contributed by atoms with van der Waals surface area (Å²) in [7, 11) is -2.83. The predicted molar refractivity (Wildman–Crippen MR) is 140 cm³/mol. The Kier molecular flexibility index (Phi) is 9.06. The number of para-hydroxylation sites is 1. The van der Waals surface area contributed by atoms with E-state index in [-0.39, 0.29) is 17.3 Å². The average Bonchev–Trinajstić information content (AvgIpc) is 3.46. The van der Waals surface area contributed by atoms with E-state index < -0.39 is 63.0 Å². The molecule has 3 aromatic rings. The molecule has 0 spiro atoms. The second-order valence-electron chi connectivity index (χ2n) is 9.82. The molecule has 1 aliphatic rings. The van der Waals surface area contributed by atoms with E-state index in [1.54, 1.807) is 44.2 Å². The molecule has 2 N–H and O–H groups in total. The third-order valence-corrected chi connectivity index (χ3v) is 8.12. The number of alkyl halides is 1. The molecule has 0 amide bonds. The zero-order chi connectivity index (χ0) is 29.1. The van der Waals surface area contributed by atoms with Crippen molar-refractivity contribution in [3.8, 4) is 11.6 Å². The first-order chi connectivity index (χ1) is 19.0. The lowest BCUT2D eigenvalue weighted by Gasteiger charge is -2.30. The molecular weight excluding hydrogens is 548 g/mol. The van der Waals surface area contributed by atoms with E-state index in [1.807, 2.05) is 0 Å². The summed E-state index contributed by atoms with van der Waals surface area (Å²) < 4.78 is 58.9. The largest absolute Gasteiger partial charge is 0.479 e. The number of imidazole rings is 1. The van der Waals surface area contributed by atoms with Crippen LogP contribution < -0.4 is 14.3 Å². The van der Waals surface area contributed by atoms with Crippen molar-refractivity contribution in [2.45, 2.75) is 58.3 Å². The Morgan fingerprint density at radius 3 is 2.62 bits per heavy atom. The van der Waals surface area contributed by atoms with E-state index in [9.17, 15) is 14.5 Å². The molecule has 13 nitrogen and oxygen atoms in total. The van der Waals surface area contributed by atoms with E-state index in [2.05, 4.69) is 20.0 Å². The summed E-state index contributed by atoms with van der Waals surface area (Å²) in [5.74, 6) is -0.252. The van der Waals surface area contributed by atoms with Gasteiger partial charge in [-0.15, -0.1) is 0 Å². The minimum atomic E-state index is -4.25. The van der Waals surface area contributed by atoms with Crippen molar-refractivity contribution in [3.63, 3.8) is 0 Å². The van der Waals surface area contributed by atoms with Crippen LogP contribution >= 0.6 is 7.75 Å². The SMILES string of the molecule is COc1ncnc2c1ncn2[C@@H]1O[C@H](COP(=O)(N[C@@H](C)C(=O)OC(C)C)Oc2ccccc2)C(C)(CO)C1F. The zero-order valence-electron chi connectivity index (χ0n) is 22.8. The molecule has 15 heteroatoms. The minimum Gasteiger partial charge on any atom is -0.479 e. The number of nitrogens with zero attached hydrogens (tertiary/aromatic N) is 4. The quantitative estimate of drug-likeness (QED) is 0.238. The van der Waals surface area contributed by atoms with Gasteiger partial charge in [-0.25, -0.2) is 18.9 Å². The first-order valence-corrected chi connectivity index (χ1v) is 14.1. The highest BCUT2D eigenvalue weighted by Crippen LogP contribution is 2.50. The van der Waals surface area contributed by atoms with Crippen LogP contribution in [0.5, 0.6) is 11.6 Å². The molecule has 3 heterocycles. The number of halogens is 1. The molecule has 0 radical (unpaired) electrons. The molecule has 1 fully saturated rings. The predicted octanol–water partition coefficient (Wildman–Crippen LogP) is 3.20. The fourth-order valence-corrected chi connectivity index (χ4v) is 5.68. The molecule has 1 saturated heterocycles. The molecule has 1 aliphatic heterocycles. The third kappa shape index (κ3) is 6.11. The summed E-state index contributed by atoms with van der Waals surface area (Å²) in [5, 5.41) is 12.8. The number of aromatic nitrogens is 4. The number of carbonyl (C=O) groups is 1. The maximum absolute atomic E-state index is 15.9. The van der Waals surface area contributed by atoms with Crippen LogP contribution in [-0.2, 0) is 23.4 Å². The first kappa shape index (κ1) is 29.8. The number of benzene rings is 1. The van der Waals surface area contributed by atoms with Crippen molar-refractivity contribution in [2.75, 3.05) is 20.3 Å². The van der Waals surface area contributed by atoms with E-state index in [1.165, 1.54) is 38.2 Å². The number of methoxy groups -OCH3 is 1. The van der Waals surface area contributed by atoms with Gasteiger partial charge in [-0.05, 0) is 32.9 Å². The van der Waals surface area contributed by atoms with Crippen LogP contribution in [0, 0.1) is 5.41 Å². The van der Waals surface area contributed by atoms with Gasteiger partial charge in [-0.2, -0.15) is 10.1 Å². The third-order valence-electron chi connectivity index (χ3n) is 6.47. The topological polar surface area (TPSA) is 156 Å². The smallest absolute Gasteiger partial charge is 0.459 e. The zero-order valence-corrected chi connectivity index (χ0v) is 23.7.